The highest BCUT2D eigenvalue weighted by atomic mass is 16.3. The second kappa shape index (κ2) is 3.62. The van der Waals surface area contributed by atoms with E-state index in [9.17, 15) is 0 Å². The minimum absolute atomic E-state index is 0.491. The predicted octanol–water partition coefficient (Wildman–Crippen LogP) is 1.96. The summed E-state index contributed by atoms with van der Waals surface area (Å²) in [6, 6.07) is 5.94. The molecule has 17 heavy (non-hydrogen) atoms. The number of nitrogens with zero attached hydrogens (tertiary/aromatic N) is 3. The van der Waals surface area contributed by atoms with Gasteiger partial charge in [-0.05, 0) is 24.6 Å². The van der Waals surface area contributed by atoms with Gasteiger partial charge < -0.3 is 10.2 Å². The Morgan fingerprint density at radius 3 is 3.06 bits per heavy atom. The molecule has 0 aliphatic carbocycles. The molecule has 5 nitrogen and oxygen atoms in total. The molecule has 0 saturated heterocycles. The van der Waals surface area contributed by atoms with Crippen molar-refractivity contribution < 1.29 is 4.42 Å². The van der Waals surface area contributed by atoms with Crippen LogP contribution >= 0.6 is 0 Å². The van der Waals surface area contributed by atoms with Crippen molar-refractivity contribution in [1.29, 1.82) is 0 Å². The number of anilines is 1. The van der Waals surface area contributed by atoms with Crippen LogP contribution < -0.4 is 5.73 Å². The molecule has 0 radical (unpaired) electrons. The number of fused-ring (bicyclic) bond motifs is 1. The Bertz CT molecular complexity index is 668. The van der Waals surface area contributed by atoms with Gasteiger partial charge in [0.1, 0.15) is 12.1 Å². The number of oxazole rings is 1. The standard InChI is InChI=1S/C12H12N4O/c1-8-2-3-10-11(4-8)17-12(15-10)7-16-6-9(13)5-14-16/h2-6H,7,13H2,1H3. The number of hydrogen-bond donors (Lipinski definition) is 1. The normalized spacial score (nSPS) is 11.1. The summed E-state index contributed by atoms with van der Waals surface area (Å²) in [5, 5.41) is 4.09. The van der Waals surface area contributed by atoms with Crippen molar-refractivity contribution in [3.05, 3.63) is 42.0 Å². The number of benzene rings is 1. The lowest BCUT2D eigenvalue weighted by molar-refractivity contribution is 0.491. The minimum Gasteiger partial charge on any atom is -0.439 e. The van der Waals surface area contributed by atoms with Crippen LogP contribution in [0.2, 0.25) is 0 Å². The van der Waals surface area contributed by atoms with Crippen LogP contribution in [-0.2, 0) is 6.54 Å². The van der Waals surface area contributed by atoms with Gasteiger partial charge in [0, 0.05) is 6.20 Å². The smallest absolute Gasteiger partial charge is 0.217 e. The zero-order chi connectivity index (χ0) is 11.8. The molecule has 0 aliphatic heterocycles. The van der Waals surface area contributed by atoms with Crippen molar-refractivity contribution in [2.45, 2.75) is 13.5 Å². The Hall–Kier alpha value is -2.30. The first-order valence-electron chi connectivity index (χ1n) is 5.35. The van der Waals surface area contributed by atoms with Crippen LogP contribution in [0.1, 0.15) is 11.5 Å². The van der Waals surface area contributed by atoms with Crippen molar-refractivity contribution in [3.63, 3.8) is 0 Å². The lowest BCUT2D eigenvalue weighted by atomic mass is 10.2. The third-order valence-corrected chi connectivity index (χ3v) is 2.54. The summed E-state index contributed by atoms with van der Waals surface area (Å²) in [5.74, 6) is 0.633. The molecule has 0 atom stereocenters. The molecule has 1 aromatic carbocycles. The fourth-order valence-corrected chi connectivity index (χ4v) is 1.75. The molecule has 5 heteroatoms. The summed E-state index contributed by atoms with van der Waals surface area (Å²) in [6.07, 6.45) is 3.35. The van der Waals surface area contributed by atoms with E-state index in [0.717, 1.165) is 16.7 Å². The zero-order valence-electron chi connectivity index (χ0n) is 9.42. The van der Waals surface area contributed by atoms with E-state index < -0.39 is 0 Å². The van der Waals surface area contributed by atoms with E-state index in [2.05, 4.69) is 10.1 Å². The van der Waals surface area contributed by atoms with Gasteiger partial charge in [0.15, 0.2) is 5.58 Å². The van der Waals surface area contributed by atoms with E-state index in [-0.39, 0.29) is 0 Å². The molecular formula is C12H12N4O. The molecule has 0 bridgehead atoms. The quantitative estimate of drug-likeness (QED) is 0.728. The molecular weight excluding hydrogens is 216 g/mol. The van der Waals surface area contributed by atoms with Gasteiger partial charge in [-0.25, -0.2) is 4.98 Å². The topological polar surface area (TPSA) is 69.9 Å². The summed E-state index contributed by atoms with van der Waals surface area (Å²) >= 11 is 0. The second-order valence-electron chi connectivity index (χ2n) is 4.05. The Morgan fingerprint density at radius 2 is 2.29 bits per heavy atom. The number of nitrogens with two attached hydrogens (primary N) is 1. The monoisotopic (exact) mass is 228 g/mol. The molecule has 2 N–H and O–H groups in total. The summed E-state index contributed by atoms with van der Waals surface area (Å²) in [6.45, 7) is 2.51. The highest BCUT2D eigenvalue weighted by molar-refractivity contribution is 5.73. The largest absolute Gasteiger partial charge is 0.439 e. The third kappa shape index (κ3) is 1.87. The summed E-state index contributed by atoms with van der Waals surface area (Å²) in [7, 11) is 0. The highest BCUT2D eigenvalue weighted by Gasteiger charge is 2.06. The number of aromatic nitrogens is 3. The van der Waals surface area contributed by atoms with Crippen LogP contribution in [0.4, 0.5) is 5.69 Å². The molecule has 86 valence electrons. The molecule has 3 aromatic rings. The van der Waals surface area contributed by atoms with E-state index in [4.69, 9.17) is 10.2 Å². The van der Waals surface area contributed by atoms with Crippen LogP contribution in [0, 0.1) is 6.92 Å². The Kier molecular flexibility index (Phi) is 2.11. The zero-order valence-corrected chi connectivity index (χ0v) is 9.42. The van der Waals surface area contributed by atoms with Gasteiger partial charge in [-0.2, -0.15) is 5.10 Å². The van der Waals surface area contributed by atoms with Gasteiger partial charge in [0.25, 0.3) is 0 Å². The SMILES string of the molecule is Cc1ccc2nc(Cn3cc(N)cn3)oc2c1. The average molecular weight is 228 g/mol. The Morgan fingerprint density at radius 1 is 1.41 bits per heavy atom. The predicted molar refractivity (Wildman–Crippen MR) is 64.5 cm³/mol. The summed E-state index contributed by atoms with van der Waals surface area (Å²) < 4.78 is 7.35. The number of hydrogen-bond acceptors (Lipinski definition) is 4. The van der Waals surface area contributed by atoms with Crippen LogP contribution in [0.25, 0.3) is 11.1 Å². The molecule has 0 unspecified atom stereocenters. The van der Waals surface area contributed by atoms with Gasteiger partial charge in [0.05, 0.1) is 11.9 Å². The molecule has 0 aliphatic rings. The highest BCUT2D eigenvalue weighted by Crippen LogP contribution is 2.17. The fraction of sp³-hybridized carbons (Fsp3) is 0.167. The van der Waals surface area contributed by atoms with Gasteiger partial charge >= 0.3 is 0 Å². The van der Waals surface area contributed by atoms with Crippen molar-refractivity contribution in [1.82, 2.24) is 14.8 Å². The van der Waals surface area contributed by atoms with E-state index in [1.54, 1.807) is 17.1 Å². The summed E-state index contributed by atoms with van der Waals surface area (Å²) in [4.78, 5) is 4.39. The van der Waals surface area contributed by atoms with Gasteiger partial charge in [-0.1, -0.05) is 6.07 Å². The first kappa shape index (κ1) is 9.89. The number of aryl methyl sites for hydroxylation is 1. The second-order valence-corrected chi connectivity index (χ2v) is 4.05. The van der Waals surface area contributed by atoms with Gasteiger partial charge in [0.2, 0.25) is 5.89 Å². The third-order valence-electron chi connectivity index (χ3n) is 2.54. The van der Waals surface area contributed by atoms with Crippen molar-refractivity contribution in [3.8, 4) is 0 Å². The maximum atomic E-state index is 5.65. The maximum absolute atomic E-state index is 5.65. The van der Waals surface area contributed by atoms with E-state index in [1.807, 2.05) is 25.1 Å². The fourth-order valence-electron chi connectivity index (χ4n) is 1.75. The molecule has 0 fully saturated rings. The first-order chi connectivity index (χ1) is 8.20. The first-order valence-corrected chi connectivity index (χ1v) is 5.35. The molecule has 2 heterocycles. The molecule has 2 aromatic heterocycles. The molecule has 0 saturated carbocycles. The van der Waals surface area contributed by atoms with Crippen LogP contribution in [0.3, 0.4) is 0 Å². The van der Waals surface area contributed by atoms with Gasteiger partial charge in [-0.3, -0.25) is 4.68 Å². The van der Waals surface area contributed by atoms with Crippen molar-refractivity contribution in [2.75, 3.05) is 5.73 Å². The molecule has 3 rings (SSSR count). The molecule has 0 amide bonds. The average Bonchev–Trinajstić information content (AvgIpc) is 2.84. The lowest BCUT2D eigenvalue weighted by Crippen LogP contribution is -1.99. The minimum atomic E-state index is 0.491. The number of rotatable bonds is 2. The van der Waals surface area contributed by atoms with Crippen LogP contribution in [0.5, 0.6) is 0 Å². The maximum Gasteiger partial charge on any atom is 0.217 e. The van der Waals surface area contributed by atoms with Crippen molar-refractivity contribution in [2.24, 2.45) is 0 Å². The van der Waals surface area contributed by atoms with Crippen LogP contribution in [0.15, 0.2) is 35.0 Å². The number of nitrogen functional groups attached to an aromatic ring is 1. The summed E-state index contributed by atoms with van der Waals surface area (Å²) in [5.41, 5.74) is 9.06. The van der Waals surface area contributed by atoms with Crippen molar-refractivity contribution >= 4 is 16.8 Å². The van der Waals surface area contributed by atoms with E-state index in [1.165, 1.54) is 0 Å². The van der Waals surface area contributed by atoms with E-state index >= 15 is 0 Å². The lowest BCUT2D eigenvalue weighted by Gasteiger charge is -1.94. The van der Waals surface area contributed by atoms with Gasteiger partial charge in [-0.15, -0.1) is 0 Å². The Labute approximate surface area is 97.9 Å². The molecule has 0 spiro atoms. The Balaban J connectivity index is 1.95. The van der Waals surface area contributed by atoms with E-state index in [0.29, 0.717) is 18.1 Å². The van der Waals surface area contributed by atoms with Crippen LogP contribution in [-0.4, -0.2) is 14.8 Å².